The number of hydrogen-bond acceptors (Lipinski definition) is 7. The standard InChI is InChI=1S/C25H24N4O2S.C4H4O4/c26-15-21-20-12-14-29(24(31)11-9-19-7-4-13-27-16-19)17-22(20)32-25(21)28-23(30)10-8-18-5-2-1-3-6-18;5-3(6)1-2-4(7)8/h1-7,13,16H,8-12,14,17H2,(H,28,30);1-2H,(H,5,6)(H,7,8). The Labute approximate surface area is 235 Å². The van der Waals surface area contributed by atoms with Crippen molar-refractivity contribution in [3.05, 3.63) is 94.1 Å². The predicted octanol–water partition coefficient (Wildman–Crippen LogP) is 3.82. The molecule has 3 N–H and O–H groups in total. The fourth-order valence-electron chi connectivity index (χ4n) is 4.01. The molecule has 11 heteroatoms. The molecular formula is C29H28N4O6S. The highest BCUT2D eigenvalue weighted by atomic mass is 32.1. The van der Waals surface area contributed by atoms with E-state index in [0.29, 0.717) is 67.9 Å². The highest BCUT2D eigenvalue weighted by Gasteiger charge is 2.27. The molecule has 0 unspecified atom stereocenters. The molecule has 0 fully saturated rings. The smallest absolute Gasteiger partial charge is 0.328 e. The summed E-state index contributed by atoms with van der Waals surface area (Å²) in [5, 5.41) is 28.8. The molecule has 1 aliphatic heterocycles. The van der Waals surface area contributed by atoms with Gasteiger partial charge in [0.25, 0.3) is 0 Å². The second-order valence-electron chi connectivity index (χ2n) is 8.79. The number of pyridine rings is 1. The summed E-state index contributed by atoms with van der Waals surface area (Å²) >= 11 is 1.41. The molecule has 40 heavy (non-hydrogen) atoms. The zero-order chi connectivity index (χ0) is 28.9. The van der Waals surface area contributed by atoms with Crippen LogP contribution in [0.3, 0.4) is 0 Å². The minimum Gasteiger partial charge on any atom is -0.478 e. The number of benzene rings is 1. The number of thiophene rings is 1. The fraction of sp³-hybridized carbons (Fsp3) is 0.241. The normalized spacial score (nSPS) is 12.0. The van der Waals surface area contributed by atoms with E-state index >= 15 is 0 Å². The average molecular weight is 561 g/mol. The summed E-state index contributed by atoms with van der Waals surface area (Å²) in [5.41, 5.74) is 3.66. The number of nitriles is 1. The van der Waals surface area contributed by atoms with Gasteiger partial charge in [-0.05, 0) is 42.0 Å². The Morgan fingerprint density at radius 3 is 2.30 bits per heavy atom. The van der Waals surface area contributed by atoms with Gasteiger partial charge >= 0.3 is 11.9 Å². The number of amides is 2. The van der Waals surface area contributed by atoms with Gasteiger partial charge in [-0.1, -0.05) is 36.4 Å². The van der Waals surface area contributed by atoms with Crippen molar-refractivity contribution in [1.82, 2.24) is 9.88 Å². The van der Waals surface area contributed by atoms with Crippen LogP contribution in [-0.4, -0.2) is 50.4 Å². The van der Waals surface area contributed by atoms with E-state index in [-0.39, 0.29) is 11.8 Å². The third-order valence-electron chi connectivity index (χ3n) is 5.98. The van der Waals surface area contributed by atoms with Crippen LogP contribution < -0.4 is 5.32 Å². The summed E-state index contributed by atoms with van der Waals surface area (Å²) in [5.74, 6) is -2.52. The molecular weight excluding hydrogens is 532 g/mol. The third-order valence-corrected chi connectivity index (χ3v) is 7.11. The maximum absolute atomic E-state index is 12.7. The molecule has 4 rings (SSSR count). The van der Waals surface area contributed by atoms with Crippen molar-refractivity contribution in [2.45, 2.75) is 38.6 Å². The number of rotatable bonds is 9. The largest absolute Gasteiger partial charge is 0.478 e. The maximum atomic E-state index is 12.7. The highest BCUT2D eigenvalue weighted by molar-refractivity contribution is 7.16. The van der Waals surface area contributed by atoms with E-state index in [9.17, 15) is 24.4 Å². The number of aryl methyl sites for hydroxylation is 2. The Kier molecular flexibility index (Phi) is 11.1. The molecule has 206 valence electrons. The first kappa shape index (κ1) is 29.7. The van der Waals surface area contributed by atoms with Crippen LogP contribution in [0.25, 0.3) is 0 Å². The van der Waals surface area contributed by atoms with Gasteiger partial charge in [-0.3, -0.25) is 14.6 Å². The summed E-state index contributed by atoms with van der Waals surface area (Å²) < 4.78 is 0. The van der Waals surface area contributed by atoms with Crippen LogP contribution in [-0.2, 0) is 45.0 Å². The summed E-state index contributed by atoms with van der Waals surface area (Å²) in [6.45, 7) is 1.08. The van der Waals surface area contributed by atoms with Crippen molar-refractivity contribution in [1.29, 1.82) is 5.26 Å². The Bertz CT molecular complexity index is 1400. The molecule has 10 nitrogen and oxygen atoms in total. The van der Waals surface area contributed by atoms with E-state index in [4.69, 9.17) is 10.2 Å². The lowest BCUT2D eigenvalue weighted by atomic mass is 10.0. The molecule has 2 aromatic heterocycles. The minimum atomic E-state index is -1.26. The van der Waals surface area contributed by atoms with Crippen LogP contribution in [0, 0.1) is 11.3 Å². The van der Waals surface area contributed by atoms with Crippen LogP contribution in [0.5, 0.6) is 0 Å². The molecule has 2 amide bonds. The Morgan fingerprint density at radius 1 is 1.00 bits per heavy atom. The maximum Gasteiger partial charge on any atom is 0.328 e. The zero-order valence-electron chi connectivity index (χ0n) is 21.6. The van der Waals surface area contributed by atoms with Crippen LogP contribution in [0.2, 0.25) is 0 Å². The average Bonchev–Trinajstić information content (AvgIpc) is 3.31. The van der Waals surface area contributed by atoms with Crippen LogP contribution in [0.1, 0.15) is 40.0 Å². The molecule has 3 heterocycles. The van der Waals surface area contributed by atoms with Crippen molar-refractivity contribution >= 4 is 40.1 Å². The number of carboxylic acids is 2. The van der Waals surface area contributed by atoms with E-state index in [1.165, 1.54) is 11.3 Å². The summed E-state index contributed by atoms with van der Waals surface area (Å²) in [6, 6.07) is 16.0. The number of carbonyl (C=O) groups is 4. The van der Waals surface area contributed by atoms with Gasteiger partial charge in [-0.2, -0.15) is 5.26 Å². The second kappa shape index (κ2) is 14.9. The van der Waals surface area contributed by atoms with Gasteiger partial charge in [0.2, 0.25) is 11.8 Å². The van der Waals surface area contributed by atoms with E-state index in [0.717, 1.165) is 21.6 Å². The number of aliphatic carboxylic acids is 2. The molecule has 0 radical (unpaired) electrons. The van der Waals surface area contributed by atoms with E-state index in [1.54, 1.807) is 12.4 Å². The van der Waals surface area contributed by atoms with Crippen molar-refractivity contribution in [2.24, 2.45) is 0 Å². The number of hydrogen-bond donors (Lipinski definition) is 3. The Balaban J connectivity index is 0.000000482. The minimum absolute atomic E-state index is 0.0971. The lowest BCUT2D eigenvalue weighted by Crippen LogP contribution is -2.35. The third kappa shape index (κ3) is 9.18. The Hall–Kier alpha value is -4.82. The summed E-state index contributed by atoms with van der Waals surface area (Å²) in [6.07, 6.45) is 7.35. The quantitative estimate of drug-likeness (QED) is 0.333. The first-order chi connectivity index (χ1) is 19.3. The molecule has 0 spiro atoms. The number of anilines is 1. The monoisotopic (exact) mass is 560 g/mol. The van der Waals surface area contributed by atoms with Gasteiger partial charge in [0.05, 0.1) is 12.1 Å². The first-order valence-corrected chi connectivity index (χ1v) is 13.3. The lowest BCUT2D eigenvalue weighted by Gasteiger charge is -2.27. The number of fused-ring (bicyclic) bond motifs is 1. The van der Waals surface area contributed by atoms with E-state index in [2.05, 4.69) is 16.4 Å². The SMILES string of the molecule is N#Cc1c(NC(=O)CCc2ccccc2)sc2c1CCN(C(=O)CCc1cccnc1)C2.O=C(O)C=CC(=O)O. The van der Waals surface area contributed by atoms with Crippen molar-refractivity contribution < 1.29 is 29.4 Å². The summed E-state index contributed by atoms with van der Waals surface area (Å²) in [7, 11) is 0. The first-order valence-electron chi connectivity index (χ1n) is 12.5. The number of carbonyl (C=O) groups excluding carboxylic acids is 2. The van der Waals surface area contributed by atoms with Crippen LogP contribution >= 0.6 is 11.3 Å². The van der Waals surface area contributed by atoms with Gasteiger partial charge in [-0.15, -0.1) is 11.3 Å². The van der Waals surface area contributed by atoms with Gasteiger partial charge < -0.3 is 20.4 Å². The molecule has 0 saturated carbocycles. The molecule has 0 aliphatic carbocycles. The number of nitrogens with zero attached hydrogens (tertiary/aromatic N) is 3. The highest BCUT2D eigenvalue weighted by Crippen LogP contribution is 2.37. The van der Waals surface area contributed by atoms with Crippen molar-refractivity contribution in [2.75, 3.05) is 11.9 Å². The van der Waals surface area contributed by atoms with Crippen molar-refractivity contribution in [3.8, 4) is 6.07 Å². The number of nitrogens with one attached hydrogen (secondary N) is 1. The van der Waals surface area contributed by atoms with Crippen LogP contribution in [0.4, 0.5) is 5.00 Å². The molecule has 0 saturated heterocycles. The van der Waals surface area contributed by atoms with Gasteiger partial charge in [0.15, 0.2) is 0 Å². The Morgan fingerprint density at radius 2 is 1.68 bits per heavy atom. The van der Waals surface area contributed by atoms with Gasteiger partial charge in [-0.25, -0.2) is 9.59 Å². The van der Waals surface area contributed by atoms with Crippen LogP contribution in [0.15, 0.2) is 67.0 Å². The molecule has 1 aliphatic rings. The van der Waals surface area contributed by atoms with Gasteiger partial charge in [0.1, 0.15) is 11.1 Å². The lowest BCUT2D eigenvalue weighted by molar-refractivity contribution is -0.134. The summed E-state index contributed by atoms with van der Waals surface area (Å²) in [4.78, 5) is 51.2. The molecule has 0 bridgehead atoms. The predicted molar refractivity (Wildman–Crippen MR) is 149 cm³/mol. The number of aromatic nitrogens is 1. The number of carboxylic acid groups (broad SMARTS) is 2. The molecule has 3 aromatic rings. The molecule has 0 atom stereocenters. The fourth-order valence-corrected chi connectivity index (χ4v) is 5.24. The topological polar surface area (TPSA) is 161 Å². The zero-order valence-corrected chi connectivity index (χ0v) is 22.4. The van der Waals surface area contributed by atoms with E-state index < -0.39 is 11.9 Å². The van der Waals surface area contributed by atoms with Crippen molar-refractivity contribution in [3.63, 3.8) is 0 Å². The molecule has 1 aromatic carbocycles. The van der Waals surface area contributed by atoms with E-state index in [1.807, 2.05) is 47.4 Å². The van der Waals surface area contributed by atoms with Gasteiger partial charge in [0, 0.05) is 48.8 Å². The second-order valence-corrected chi connectivity index (χ2v) is 9.90.